The highest BCUT2D eigenvalue weighted by Gasteiger charge is 2.18. The molecule has 0 radical (unpaired) electrons. The minimum atomic E-state index is 0. The molecule has 2 aromatic rings. The van der Waals surface area contributed by atoms with Gasteiger partial charge in [-0.2, -0.15) is 5.10 Å². The number of hydrogen-bond donors (Lipinski definition) is 2. The second-order valence-electron chi connectivity index (χ2n) is 7.18. The van der Waals surface area contributed by atoms with Gasteiger partial charge in [-0.3, -0.25) is 9.67 Å². The Kier molecular flexibility index (Phi) is 8.59. The summed E-state index contributed by atoms with van der Waals surface area (Å²) < 4.78 is 8.14. The Labute approximate surface area is 185 Å². The largest absolute Gasteiger partial charge is 0.490 e. The first-order valence-electron chi connectivity index (χ1n) is 9.76. The molecule has 2 N–H and O–H groups in total. The van der Waals surface area contributed by atoms with E-state index in [2.05, 4.69) is 45.8 Å². The van der Waals surface area contributed by atoms with Crippen LogP contribution in [0.3, 0.4) is 0 Å². The van der Waals surface area contributed by atoms with Gasteiger partial charge < -0.3 is 15.4 Å². The van der Waals surface area contributed by atoms with E-state index in [9.17, 15) is 0 Å². The van der Waals surface area contributed by atoms with Crippen molar-refractivity contribution >= 4 is 29.9 Å². The summed E-state index contributed by atoms with van der Waals surface area (Å²) in [7, 11) is 3.76. The van der Waals surface area contributed by atoms with E-state index in [0.29, 0.717) is 19.2 Å². The third kappa shape index (κ3) is 5.62. The first-order valence-corrected chi connectivity index (χ1v) is 9.76. The Morgan fingerprint density at radius 2 is 1.86 bits per heavy atom. The summed E-state index contributed by atoms with van der Waals surface area (Å²) in [6.45, 7) is 5.50. The fourth-order valence-corrected chi connectivity index (χ4v) is 3.60. The molecule has 0 saturated heterocycles. The standard InChI is InChI=1S/C21H31N5O.HI/c1-15-19(16(2)26(4)25-15)14-24-21(22-3)23-13-17-9-5-8-12-20(17)27-18-10-6-7-11-18;/h5,8-9,12,18H,6-7,10-11,13-14H2,1-4H3,(H2,22,23,24);1H. The highest BCUT2D eigenvalue weighted by atomic mass is 127. The van der Waals surface area contributed by atoms with Crippen molar-refractivity contribution in [2.45, 2.75) is 58.7 Å². The van der Waals surface area contributed by atoms with Crippen molar-refractivity contribution in [2.75, 3.05) is 7.05 Å². The third-order valence-electron chi connectivity index (χ3n) is 5.33. The van der Waals surface area contributed by atoms with Crippen LogP contribution >= 0.6 is 24.0 Å². The third-order valence-corrected chi connectivity index (χ3v) is 5.33. The van der Waals surface area contributed by atoms with Crippen LogP contribution in [-0.2, 0) is 20.1 Å². The molecule has 0 aliphatic heterocycles. The number of ether oxygens (including phenoxy) is 1. The molecule has 1 heterocycles. The number of halogens is 1. The fourth-order valence-electron chi connectivity index (χ4n) is 3.60. The predicted octanol–water partition coefficient (Wildman–Crippen LogP) is 3.84. The molecule has 1 aromatic heterocycles. The van der Waals surface area contributed by atoms with Crippen molar-refractivity contribution in [3.05, 3.63) is 46.8 Å². The lowest BCUT2D eigenvalue weighted by atomic mass is 10.2. The van der Waals surface area contributed by atoms with E-state index in [1.807, 2.05) is 24.7 Å². The van der Waals surface area contributed by atoms with E-state index >= 15 is 0 Å². The smallest absolute Gasteiger partial charge is 0.191 e. The zero-order valence-corrected chi connectivity index (χ0v) is 19.6. The van der Waals surface area contributed by atoms with Crippen LogP contribution in [0, 0.1) is 13.8 Å². The number of aliphatic imine (C=N–C) groups is 1. The summed E-state index contributed by atoms with van der Waals surface area (Å²) in [5.74, 6) is 1.75. The Hall–Kier alpha value is -1.77. The molecule has 1 aliphatic carbocycles. The maximum absolute atomic E-state index is 6.22. The maximum atomic E-state index is 6.22. The Morgan fingerprint density at radius 1 is 1.18 bits per heavy atom. The number of hydrogen-bond acceptors (Lipinski definition) is 3. The second kappa shape index (κ2) is 10.7. The lowest BCUT2D eigenvalue weighted by Crippen LogP contribution is -2.36. The second-order valence-corrected chi connectivity index (χ2v) is 7.18. The number of guanidine groups is 1. The van der Waals surface area contributed by atoms with Gasteiger partial charge in [0.1, 0.15) is 5.75 Å². The van der Waals surface area contributed by atoms with Gasteiger partial charge in [0.15, 0.2) is 5.96 Å². The van der Waals surface area contributed by atoms with Crippen molar-refractivity contribution < 1.29 is 4.74 Å². The summed E-state index contributed by atoms with van der Waals surface area (Å²) in [6.07, 6.45) is 5.23. The molecule has 6 nitrogen and oxygen atoms in total. The van der Waals surface area contributed by atoms with E-state index in [0.717, 1.165) is 35.8 Å². The number of nitrogens with one attached hydrogen (secondary N) is 2. The molecule has 1 aromatic carbocycles. The minimum absolute atomic E-state index is 0. The summed E-state index contributed by atoms with van der Waals surface area (Å²) in [4.78, 5) is 4.34. The van der Waals surface area contributed by atoms with Gasteiger partial charge in [0.25, 0.3) is 0 Å². The van der Waals surface area contributed by atoms with Crippen molar-refractivity contribution in [1.82, 2.24) is 20.4 Å². The van der Waals surface area contributed by atoms with E-state index in [4.69, 9.17) is 4.74 Å². The summed E-state index contributed by atoms with van der Waals surface area (Å²) in [6, 6.07) is 8.26. The SMILES string of the molecule is CN=C(NCc1ccccc1OC1CCCC1)NCc1c(C)nn(C)c1C.I. The number of aryl methyl sites for hydroxylation is 2. The number of benzene rings is 1. The van der Waals surface area contributed by atoms with Gasteiger partial charge in [0, 0.05) is 44.0 Å². The van der Waals surface area contributed by atoms with Crippen LogP contribution in [0.4, 0.5) is 0 Å². The molecular formula is C21H32IN5O. The first kappa shape index (κ1) is 22.5. The topological polar surface area (TPSA) is 63.5 Å². The molecule has 0 unspecified atom stereocenters. The number of nitrogens with zero attached hydrogens (tertiary/aromatic N) is 3. The van der Waals surface area contributed by atoms with Crippen LogP contribution in [0.1, 0.15) is 48.2 Å². The molecule has 0 amide bonds. The average molecular weight is 497 g/mol. The quantitative estimate of drug-likeness (QED) is 0.362. The predicted molar refractivity (Wildman–Crippen MR) is 124 cm³/mol. The van der Waals surface area contributed by atoms with Crippen LogP contribution in [0.2, 0.25) is 0 Å². The summed E-state index contributed by atoms with van der Waals surface area (Å²) in [5.41, 5.74) is 4.59. The van der Waals surface area contributed by atoms with Crippen molar-refractivity contribution in [1.29, 1.82) is 0 Å². The van der Waals surface area contributed by atoms with Gasteiger partial charge in [-0.15, -0.1) is 24.0 Å². The Morgan fingerprint density at radius 3 is 2.50 bits per heavy atom. The van der Waals surface area contributed by atoms with E-state index in [1.165, 1.54) is 24.1 Å². The summed E-state index contributed by atoms with van der Waals surface area (Å²) in [5, 5.41) is 11.3. The number of para-hydroxylation sites is 1. The van der Waals surface area contributed by atoms with Gasteiger partial charge in [-0.05, 0) is 45.6 Å². The zero-order valence-electron chi connectivity index (χ0n) is 17.3. The molecule has 0 spiro atoms. The molecule has 1 saturated carbocycles. The van der Waals surface area contributed by atoms with Gasteiger partial charge in [-0.1, -0.05) is 18.2 Å². The lowest BCUT2D eigenvalue weighted by molar-refractivity contribution is 0.208. The Balaban J connectivity index is 0.00000280. The van der Waals surface area contributed by atoms with Crippen molar-refractivity contribution in [2.24, 2.45) is 12.0 Å². The molecule has 0 atom stereocenters. The highest BCUT2D eigenvalue weighted by molar-refractivity contribution is 14.0. The van der Waals surface area contributed by atoms with Gasteiger partial charge in [-0.25, -0.2) is 0 Å². The molecule has 154 valence electrons. The number of rotatable bonds is 6. The van der Waals surface area contributed by atoms with Gasteiger partial charge in [0.2, 0.25) is 0 Å². The van der Waals surface area contributed by atoms with Crippen LogP contribution in [0.5, 0.6) is 5.75 Å². The van der Waals surface area contributed by atoms with Crippen molar-refractivity contribution in [3.8, 4) is 5.75 Å². The molecule has 0 bridgehead atoms. The maximum Gasteiger partial charge on any atom is 0.191 e. The van der Waals surface area contributed by atoms with E-state index < -0.39 is 0 Å². The Bertz CT molecular complexity index is 796. The zero-order chi connectivity index (χ0) is 19.2. The monoisotopic (exact) mass is 497 g/mol. The highest BCUT2D eigenvalue weighted by Crippen LogP contribution is 2.26. The van der Waals surface area contributed by atoms with Crippen LogP contribution in [0.25, 0.3) is 0 Å². The van der Waals surface area contributed by atoms with E-state index in [1.54, 1.807) is 7.05 Å². The first-order chi connectivity index (χ1) is 13.1. The van der Waals surface area contributed by atoms with Crippen LogP contribution in [0.15, 0.2) is 29.3 Å². The van der Waals surface area contributed by atoms with Crippen molar-refractivity contribution in [3.63, 3.8) is 0 Å². The molecule has 28 heavy (non-hydrogen) atoms. The van der Waals surface area contributed by atoms with Gasteiger partial charge in [0.05, 0.1) is 11.8 Å². The number of aromatic nitrogens is 2. The molecule has 1 fully saturated rings. The van der Waals surface area contributed by atoms with E-state index in [-0.39, 0.29) is 24.0 Å². The van der Waals surface area contributed by atoms with Crippen LogP contribution in [-0.4, -0.2) is 28.9 Å². The molecule has 7 heteroatoms. The fraction of sp³-hybridized carbons (Fsp3) is 0.524. The average Bonchev–Trinajstić information content (AvgIpc) is 3.26. The normalized spacial score (nSPS) is 14.6. The van der Waals surface area contributed by atoms with Crippen LogP contribution < -0.4 is 15.4 Å². The lowest BCUT2D eigenvalue weighted by Gasteiger charge is -2.18. The summed E-state index contributed by atoms with van der Waals surface area (Å²) >= 11 is 0. The van der Waals surface area contributed by atoms with Gasteiger partial charge >= 0.3 is 0 Å². The minimum Gasteiger partial charge on any atom is -0.490 e. The molecule has 1 aliphatic rings. The molecule has 3 rings (SSSR count). The molecular weight excluding hydrogens is 465 g/mol.